The highest BCUT2D eigenvalue weighted by molar-refractivity contribution is 5.79. The summed E-state index contributed by atoms with van der Waals surface area (Å²) in [4.78, 5) is 12.4. The maximum Gasteiger partial charge on any atom is 0.224 e. The number of carbonyl (C=O) groups excluding carboxylic acids is 1. The minimum Gasteiger partial charge on any atom is -0.361 e. The summed E-state index contributed by atoms with van der Waals surface area (Å²) in [7, 11) is 0. The van der Waals surface area contributed by atoms with Crippen LogP contribution in [0.1, 0.15) is 48.3 Å². The number of carbonyl (C=O) groups is 1. The van der Waals surface area contributed by atoms with E-state index in [2.05, 4.69) is 34.7 Å². The van der Waals surface area contributed by atoms with Gasteiger partial charge in [0, 0.05) is 17.5 Å². The van der Waals surface area contributed by atoms with Gasteiger partial charge in [-0.05, 0) is 32.3 Å². The van der Waals surface area contributed by atoms with Crippen molar-refractivity contribution < 1.29 is 9.32 Å². The summed E-state index contributed by atoms with van der Waals surface area (Å²) in [5.41, 5.74) is 3.14. The molecular weight excluding hydrogens is 288 g/mol. The van der Waals surface area contributed by atoms with Crippen molar-refractivity contribution in [1.82, 2.24) is 10.5 Å². The highest BCUT2D eigenvalue weighted by atomic mass is 16.5. The Morgan fingerprint density at radius 3 is 2.52 bits per heavy atom. The summed E-state index contributed by atoms with van der Waals surface area (Å²) in [6, 6.07) is 10.6. The summed E-state index contributed by atoms with van der Waals surface area (Å²) >= 11 is 0. The van der Waals surface area contributed by atoms with Gasteiger partial charge in [-0.15, -0.1) is 0 Å². The van der Waals surface area contributed by atoms with Crippen LogP contribution in [-0.2, 0) is 16.6 Å². The van der Waals surface area contributed by atoms with E-state index >= 15 is 0 Å². The third-order valence-electron chi connectivity index (χ3n) is 5.09. The fourth-order valence-corrected chi connectivity index (χ4v) is 3.66. The van der Waals surface area contributed by atoms with Gasteiger partial charge in [-0.1, -0.05) is 48.3 Å². The van der Waals surface area contributed by atoms with E-state index in [-0.39, 0.29) is 11.3 Å². The zero-order valence-electron chi connectivity index (χ0n) is 13.9. The first-order chi connectivity index (χ1) is 11.1. The molecule has 1 aromatic carbocycles. The first kappa shape index (κ1) is 15.8. The number of hydrogen-bond donors (Lipinski definition) is 1. The monoisotopic (exact) mass is 312 g/mol. The molecule has 3 rings (SSSR count). The Balaban J connectivity index is 1.67. The van der Waals surface area contributed by atoms with Crippen LogP contribution in [0.15, 0.2) is 34.9 Å². The van der Waals surface area contributed by atoms with E-state index in [9.17, 15) is 4.79 Å². The molecule has 122 valence electrons. The van der Waals surface area contributed by atoms with Crippen molar-refractivity contribution in [2.75, 3.05) is 6.54 Å². The molecule has 23 heavy (non-hydrogen) atoms. The van der Waals surface area contributed by atoms with Crippen LogP contribution < -0.4 is 5.32 Å². The Kier molecular flexibility index (Phi) is 4.51. The van der Waals surface area contributed by atoms with Crippen LogP contribution in [-0.4, -0.2) is 17.6 Å². The lowest BCUT2D eigenvalue weighted by atomic mass is 9.79. The molecule has 0 unspecified atom stereocenters. The number of rotatable bonds is 5. The molecule has 1 fully saturated rings. The normalized spacial score (nSPS) is 16.4. The number of nitrogens with one attached hydrogen (secondary N) is 1. The van der Waals surface area contributed by atoms with Gasteiger partial charge < -0.3 is 9.84 Å². The number of aryl methyl sites for hydroxylation is 2. The second-order valence-corrected chi connectivity index (χ2v) is 6.61. The number of nitrogens with zero attached hydrogens (tertiary/aromatic N) is 1. The van der Waals surface area contributed by atoms with E-state index in [1.807, 2.05) is 19.9 Å². The van der Waals surface area contributed by atoms with Gasteiger partial charge in [0.1, 0.15) is 5.76 Å². The molecule has 1 aliphatic rings. The van der Waals surface area contributed by atoms with Crippen molar-refractivity contribution in [2.24, 2.45) is 0 Å². The van der Waals surface area contributed by atoms with Gasteiger partial charge in [0.05, 0.1) is 12.1 Å². The molecule has 0 spiro atoms. The lowest BCUT2D eigenvalue weighted by molar-refractivity contribution is -0.120. The van der Waals surface area contributed by atoms with E-state index in [0.717, 1.165) is 29.9 Å². The lowest BCUT2D eigenvalue weighted by Gasteiger charge is -2.30. The molecule has 0 aliphatic heterocycles. The van der Waals surface area contributed by atoms with Crippen molar-refractivity contribution in [3.63, 3.8) is 0 Å². The lowest BCUT2D eigenvalue weighted by Crippen LogP contribution is -2.39. The van der Waals surface area contributed by atoms with E-state index in [1.165, 1.54) is 18.4 Å². The summed E-state index contributed by atoms with van der Waals surface area (Å²) in [6.07, 6.45) is 5.08. The second kappa shape index (κ2) is 6.57. The topological polar surface area (TPSA) is 55.1 Å². The van der Waals surface area contributed by atoms with Crippen LogP contribution in [0.4, 0.5) is 0 Å². The van der Waals surface area contributed by atoms with Gasteiger partial charge in [-0.2, -0.15) is 0 Å². The van der Waals surface area contributed by atoms with Crippen LogP contribution >= 0.6 is 0 Å². The third-order valence-corrected chi connectivity index (χ3v) is 5.09. The Labute approximate surface area is 137 Å². The molecule has 0 bridgehead atoms. The molecule has 1 saturated carbocycles. The van der Waals surface area contributed by atoms with Crippen molar-refractivity contribution in [3.05, 3.63) is 52.9 Å². The smallest absolute Gasteiger partial charge is 0.224 e. The number of aromatic nitrogens is 1. The molecule has 1 heterocycles. The number of benzene rings is 1. The molecule has 4 nitrogen and oxygen atoms in total. The maximum atomic E-state index is 12.4. The Morgan fingerprint density at radius 1 is 1.22 bits per heavy atom. The predicted molar refractivity (Wildman–Crippen MR) is 89.3 cm³/mol. The predicted octanol–water partition coefficient (Wildman–Crippen LogP) is 3.46. The highest BCUT2D eigenvalue weighted by Crippen LogP contribution is 2.40. The van der Waals surface area contributed by atoms with Crippen LogP contribution in [0.3, 0.4) is 0 Å². The second-order valence-electron chi connectivity index (χ2n) is 6.61. The first-order valence-corrected chi connectivity index (χ1v) is 8.35. The molecule has 0 atom stereocenters. The zero-order valence-corrected chi connectivity index (χ0v) is 13.9. The zero-order chi connectivity index (χ0) is 16.3. The summed E-state index contributed by atoms with van der Waals surface area (Å²) in [5.74, 6) is 0.776. The van der Waals surface area contributed by atoms with Crippen molar-refractivity contribution >= 4 is 5.91 Å². The largest absolute Gasteiger partial charge is 0.361 e. The minimum absolute atomic E-state index is 0.0432. The number of hydrogen-bond acceptors (Lipinski definition) is 3. The van der Waals surface area contributed by atoms with Crippen LogP contribution in [0.5, 0.6) is 0 Å². The fourth-order valence-electron chi connectivity index (χ4n) is 3.66. The fraction of sp³-hybridized carbons (Fsp3) is 0.474. The number of amides is 1. The van der Waals surface area contributed by atoms with Gasteiger partial charge in [0.15, 0.2) is 0 Å². The molecule has 1 amide bonds. The minimum atomic E-state index is 0.0432. The van der Waals surface area contributed by atoms with Gasteiger partial charge in [0.2, 0.25) is 5.91 Å². The van der Waals surface area contributed by atoms with Crippen LogP contribution in [0.25, 0.3) is 0 Å². The van der Waals surface area contributed by atoms with Gasteiger partial charge in [-0.3, -0.25) is 4.79 Å². The molecule has 1 aliphatic carbocycles. The molecule has 0 radical (unpaired) electrons. The molecule has 1 N–H and O–H groups in total. The SMILES string of the molecule is Cc1noc(C)c1CC(=O)NCC1(c2ccccc2)CCCC1. The van der Waals surface area contributed by atoms with Crippen molar-refractivity contribution in [1.29, 1.82) is 0 Å². The van der Waals surface area contributed by atoms with Gasteiger partial charge >= 0.3 is 0 Å². The van der Waals surface area contributed by atoms with E-state index < -0.39 is 0 Å². The average Bonchev–Trinajstić information content (AvgIpc) is 3.17. The summed E-state index contributed by atoms with van der Waals surface area (Å²) < 4.78 is 5.13. The molecule has 0 saturated heterocycles. The Hall–Kier alpha value is -2.10. The quantitative estimate of drug-likeness (QED) is 0.920. The van der Waals surface area contributed by atoms with E-state index in [0.29, 0.717) is 13.0 Å². The highest BCUT2D eigenvalue weighted by Gasteiger charge is 2.35. The average molecular weight is 312 g/mol. The van der Waals surface area contributed by atoms with E-state index in [4.69, 9.17) is 4.52 Å². The third kappa shape index (κ3) is 3.31. The van der Waals surface area contributed by atoms with Crippen molar-refractivity contribution in [2.45, 2.75) is 51.4 Å². The molecular formula is C19H24N2O2. The maximum absolute atomic E-state index is 12.4. The van der Waals surface area contributed by atoms with Crippen LogP contribution in [0, 0.1) is 13.8 Å². The van der Waals surface area contributed by atoms with Crippen molar-refractivity contribution in [3.8, 4) is 0 Å². The first-order valence-electron chi connectivity index (χ1n) is 8.35. The van der Waals surface area contributed by atoms with Gasteiger partial charge in [-0.25, -0.2) is 0 Å². The molecule has 2 aromatic rings. The van der Waals surface area contributed by atoms with Crippen LogP contribution in [0.2, 0.25) is 0 Å². The standard InChI is InChI=1S/C19H24N2O2/c1-14-17(15(2)23-21-14)12-18(22)20-13-19(10-6-7-11-19)16-8-4-3-5-9-16/h3-5,8-9H,6-7,10-13H2,1-2H3,(H,20,22). The summed E-state index contributed by atoms with van der Waals surface area (Å²) in [6.45, 7) is 4.44. The Bertz CT molecular complexity index is 650. The molecule has 1 aromatic heterocycles. The summed E-state index contributed by atoms with van der Waals surface area (Å²) in [5, 5.41) is 7.06. The van der Waals surface area contributed by atoms with E-state index in [1.54, 1.807) is 0 Å². The Morgan fingerprint density at radius 2 is 1.91 bits per heavy atom. The molecule has 4 heteroatoms. The van der Waals surface area contributed by atoms with Gasteiger partial charge in [0.25, 0.3) is 0 Å².